The molecule has 0 spiro atoms. The molecule has 0 saturated heterocycles. The van der Waals surface area contributed by atoms with Crippen LogP contribution >= 0.6 is 11.6 Å². The zero-order chi connectivity index (χ0) is 22.5. The molecule has 0 unspecified atom stereocenters. The van der Waals surface area contributed by atoms with E-state index >= 15 is 0 Å². The number of methoxy groups -OCH3 is 1. The van der Waals surface area contributed by atoms with Gasteiger partial charge in [-0.1, -0.05) is 43.6 Å². The summed E-state index contributed by atoms with van der Waals surface area (Å²) < 4.78 is 32.0. The van der Waals surface area contributed by atoms with Crippen LogP contribution in [0.4, 0.5) is 5.69 Å². The number of ether oxygens (including phenoxy) is 1. The normalized spacial score (nSPS) is 12.3. The first-order chi connectivity index (χ1) is 14.1. The lowest BCUT2D eigenvalue weighted by molar-refractivity contribution is -0.143. The standard InChI is InChI=1S/C21H25ClN2O5S/c1-14(2)12-18(21(26)29-4)23-20(25)15-10-11-17(22)19(13-15)30(27,28)24(3)16-8-6-5-7-9-16/h5-11,13-14,18H,12H2,1-4H3,(H,23,25)/t18-/m1/s1. The quantitative estimate of drug-likeness (QED) is 0.619. The van der Waals surface area contributed by atoms with E-state index < -0.39 is 27.9 Å². The summed E-state index contributed by atoms with van der Waals surface area (Å²) in [7, 11) is -1.37. The Kier molecular flexibility index (Phi) is 7.86. The summed E-state index contributed by atoms with van der Waals surface area (Å²) >= 11 is 6.15. The maximum Gasteiger partial charge on any atom is 0.328 e. The number of para-hydroxylation sites is 1. The van der Waals surface area contributed by atoms with Crippen molar-refractivity contribution < 1.29 is 22.7 Å². The highest BCUT2D eigenvalue weighted by molar-refractivity contribution is 7.93. The molecule has 1 amide bonds. The van der Waals surface area contributed by atoms with Crippen molar-refractivity contribution in [2.75, 3.05) is 18.5 Å². The summed E-state index contributed by atoms with van der Waals surface area (Å²) in [6.45, 7) is 3.82. The third-order valence-electron chi connectivity index (χ3n) is 4.45. The van der Waals surface area contributed by atoms with Crippen LogP contribution in [0.1, 0.15) is 30.6 Å². The van der Waals surface area contributed by atoms with Crippen molar-refractivity contribution in [1.29, 1.82) is 0 Å². The highest BCUT2D eigenvalue weighted by Gasteiger charge is 2.27. The Bertz CT molecular complexity index is 1010. The monoisotopic (exact) mass is 452 g/mol. The fraction of sp³-hybridized carbons (Fsp3) is 0.333. The maximum absolute atomic E-state index is 13.1. The van der Waals surface area contributed by atoms with Gasteiger partial charge in [-0.25, -0.2) is 13.2 Å². The van der Waals surface area contributed by atoms with E-state index in [-0.39, 0.29) is 21.4 Å². The number of esters is 1. The van der Waals surface area contributed by atoms with Gasteiger partial charge in [0.1, 0.15) is 10.9 Å². The topological polar surface area (TPSA) is 92.8 Å². The summed E-state index contributed by atoms with van der Waals surface area (Å²) in [6.07, 6.45) is 0.383. The zero-order valence-corrected chi connectivity index (χ0v) is 18.8. The van der Waals surface area contributed by atoms with Gasteiger partial charge in [0.05, 0.1) is 17.8 Å². The first kappa shape index (κ1) is 23.7. The highest BCUT2D eigenvalue weighted by atomic mass is 35.5. The summed E-state index contributed by atoms with van der Waals surface area (Å²) in [5.74, 6) is -1.03. The van der Waals surface area contributed by atoms with E-state index in [0.29, 0.717) is 12.1 Å². The van der Waals surface area contributed by atoms with Crippen LogP contribution in [0.5, 0.6) is 0 Å². The highest BCUT2D eigenvalue weighted by Crippen LogP contribution is 2.28. The molecule has 0 saturated carbocycles. The van der Waals surface area contributed by atoms with Crippen molar-refractivity contribution in [3.05, 3.63) is 59.1 Å². The number of benzene rings is 2. The Balaban J connectivity index is 2.36. The summed E-state index contributed by atoms with van der Waals surface area (Å²) in [5.41, 5.74) is 0.517. The molecule has 1 atom stereocenters. The molecule has 0 aliphatic heterocycles. The molecule has 2 aromatic rings. The number of sulfonamides is 1. The predicted molar refractivity (Wildman–Crippen MR) is 116 cm³/mol. The second-order valence-electron chi connectivity index (χ2n) is 7.13. The van der Waals surface area contributed by atoms with Crippen molar-refractivity contribution in [1.82, 2.24) is 5.32 Å². The number of hydrogen-bond acceptors (Lipinski definition) is 5. The van der Waals surface area contributed by atoms with E-state index in [1.807, 2.05) is 13.8 Å². The van der Waals surface area contributed by atoms with Gasteiger partial charge in [-0.2, -0.15) is 0 Å². The molecule has 7 nitrogen and oxygen atoms in total. The molecule has 162 valence electrons. The Morgan fingerprint density at radius 2 is 1.77 bits per heavy atom. The van der Waals surface area contributed by atoms with E-state index in [1.54, 1.807) is 30.3 Å². The number of anilines is 1. The van der Waals surface area contributed by atoms with E-state index in [2.05, 4.69) is 5.32 Å². The maximum atomic E-state index is 13.1. The minimum absolute atomic E-state index is 0.0129. The minimum atomic E-state index is -4.02. The molecule has 2 aromatic carbocycles. The van der Waals surface area contributed by atoms with Gasteiger partial charge in [0, 0.05) is 12.6 Å². The largest absolute Gasteiger partial charge is 0.467 e. The molecule has 0 aliphatic rings. The molecule has 9 heteroatoms. The molecule has 0 radical (unpaired) electrons. The van der Waals surface area contributed by atoms with E-state index in [0.717, 1.165) is 4.31 Å². The fourth-order valence-electron chi connectivity index (χ4n) is 2.84. The lowest BCUT2D eigenvalue weighted by Gasteiger charge is -2.21. The van der Waals surface area contributed by atoms with Gasteiger partial charge in [0.2, 0.25) is 0 Å². The predicted octanol–water partition coefficient (Wildman–Crippen LogP) is 3.48. The fourth-order valence-corrected chi connectivity index (χ4v) is 4.53. The summed E-state index contributed by atoms with van der Waals surface area (Å²) in [5, 5.41) is 2.60. The molecular formula is C21H25ClN2O5S. The van der Waals surface area contributed by atoms with Crippen LogP contribution in [0.15, 0.2) is 53.4 Å². The van der Waals surface area contributed by atoms with Gasteiger partial charge in [-0.05, 0) is 42.7 Å². The second kappa shape index (κ2) is 9.95. The SMILES string of the molecule is COC(=O)[C@@H](CC(C)C)NC(=O)c1ccc(Cl)c(S(=O)(=O)N(C)c2ccccc2)c1. The number of amides is 1. The second-order valence-corrected chi connectivity index (χ2v) is 9.48. The van der Waals surface area contributed by atoms with Crippen molar-refractivity contribution in [2.24, 2.45) is 5.92 Å². The number of carbonyl (C=O) groups is 2. The number of rotatable bonds is 8. The molecule has 0 aromatic heterocycles. The third kappa shape index (κ3) is 5.52. The number of hydrogen-bond donors (Lipinski definition) is 1. The Hall–Kier alpha value is -2.58. The van der Waals surface area contributed by atoms with Gasteiger partial charge < -0.3 is 10.1 Å². The number of nitrogens with one attached hydrogen (secondary N) is 1. The first-order valence-corrected chi connectivity index (χ1v) is 11.1. The number of halogens is 1. The number of nitrogens with zero attached hydrogens (tertiary/aromatic N) is 1. The average Bonchev–Trinajstić information content (AvgIpc) is 2.72. The Labute approximate surface area is 182 Å². The zero-order valence-electron chi connectivity index (χ0n) is 17.3. The van der Waals surface area contributed by atoms with Gasteiger partial charge in [0.15, 0.2) is 0 Å². The van der Waals surface area contributed by atoms with Crippen LogP contribution in [0.2, 0.25) is 5.02 Å². The van der Waals surface area contributed by atoms with Gasteiger partial charge in [-0.15, -0.1) is 0 Å². The minimum Gasteiger partial charge on any atom is -0.467 e. The Morgan fingerprint density at radius 3 is 2.33 bits per heavy atom. The average molecular weight is 453 g/mol. The molecule has 30 heavy (non-hydrogen) atoms. The van der Waals surface area contributed by atoms with Crippen LogP contribution in [0.25, 0.3) is 0 Å². The Morgan fingerprint density at radius 1 is 1.13 bits per heavy atom. The van der Waals surface area contributed by atoms with Gasteiger partial charge in [0.25, 0.3) is 15.9 Å². The van der Waals surface area contributed by atoms with Gasteiger partial charge in [-0.3, -0.25) is 9.10 Å². The van der Waals surface area contributed by atoms with E-state index in [1.165, 1.54) is 32.4 Å². The first-order valence-electron chi connectivity index (χ1n) is 9.30. The van der Waals surface area contributed by atoms with E-state index in [9.17, 15) is 18.0 Å². The third-order valence-corrected chi connectivity index (χ3v) is 6.72. The molecule has 0 aliphatic carbocycles. The molecule has 2 rings (SSSR count). The molecule has 0 heterocycles. The van der Waals surface area contributed by atoms with Crippen molar-refractivity contribution in [3.8, 4) is 0 Å². The number of carbonyl (C=O) groups excluding carboxylic acids is 2. The molecule has 1 N–H and O–H groups in total. The van der Waals surface area contributed by atoms with Crippen molar-refractivity contribution in [2.45, 2.75) is 31.2 Å². The lowest BCUT2D eigenvalue weighted by atomic mass is 10.0. The van der Waals surface area contributed by atoms with Crippen molar-refractivity contribution in [3.63, 3.8) is 0 Å². The summed E-state index contributed by atoms with van der Waals surface area (Å²) in [4.78, 5) is 24.5. The summed E-state index contributed by atoms with van der Waals surface area (Å²) in [6, 6.07) is 11.6. The van der Waals surface area contributed by atoms with Crippen LogP contribution in [0, 0.1) is 5.92 Å². The lowest BCUT2D eigenvalue weighted by Crippen LogP contribution is -2.42. The van der Waals surface area contributed by atoms with E-state index in [4.69, 9.17) is 16.3 Å². The van der Waals surface area contributed by atoms with Crippen LogP contribution < -0.4 is 9.62 Å². The van der Waals surface area contributed by atoms with Crippen LogP contribution in [-0.2, 0) is 19.6 Å². The molecule has 0 bridgehead atoms. The molecular weight excluding hydrogens is 428 g/mol. The molecule has 0 fully saturated rings. The van der Waals surface area contributed by atoms with Gasteiger partial charge >= 0.3 is 5.97 Å². The van der Waals surface area contributed by atoms with Crippen LogP contribution in [-0.4, -0.2) is 40.5 Å². The smallest absolute Gasteiger partial charge is 0.328 e. The van der Waals surface area contributed by atoms with Crippen molar-refractivity contribution >= 4 is 39.2 Å². The van der Waals surface area contributed by atoms with Crippen LogP contribution in [0.3, 0.4) is 0 Å².